The Morgan fingerprint density at radius 2 is 2.33 bits per heavy atom. The third-order valence-electron chi connectivity index (χ3n) is 2.20. The van der Waals surface area contributed by atoms with Gasteiger partial charge in [-0.05, 0) is 6.92 Å². The van der Waals surface area contributed by atoms with Crippen molar-refractivity contribution in [2.75, 3.05) is 11.9 Å². The maximum atomic E-state index is 4.31. The molecule has 0 unspecified atom stereocenters. The van der Waals surface area contributed by atoms with E-state index >= 15 is 0 Å². The summed E-state index contributed by atoms with van der Waals surface area (Å²) in [5.74, 6) is 0.794. The van der Waals surface area contributed by atoms with E-state index in [4.69, 9.17) is 0 Å². The predicted octanol–water partition coefficient (Wildman–Crippen LogP) is 1.27. The molecule has 0 spiro atoms. The van der Waals surface area contributed by atoms with Gasteiger partial charge in [-0.15, -0.1) is 6.58 Å². The molecular formula is C10H13N5. The molecule has 5 heteroatoms. The predicted molar refractivity (Wildman–Crippen MR) is 59.7 cm³/mol. The topological polar surface area (TPSA) is 55.6 Å². The molecule has 1 N–H and O–H groups in total. The molecule has 0 aromatic carbocycles. The number of hydrogen-bond acceptors (Lipinski definition) is 4. The molecule has 0 radical (unpaired) electrons. The van der Waals surface area contributed by atoms with E-state index < -0.39 is 0 Å². The molecular weight excluding hydrogens is 190 g/mol. The van der Waals surface area contributed by atoms with Crippen LogP contribution in [0, 0.1) is 6.92 Å². The maximum Gasteiger partial charge on any atom is 0.155 e. The number of aryl methyl sites for hydroxylation is 2. The van der Waals surface area contributed by atoms with Gasteiger partial charge < -0.3 is 5.32 Å². The van der Waals surface area contributed by atoms with Crippen LogP contribution in [0.25, 0.3) is 11.0 Å². The minimum atomic E-state index is 0.677. The van der Waals surface area contributed by atoms with Crippen LogP contribution in [0.4, 0.5) is 5.82 Å². The average molecular weight is 203 g/mol. The molecule has 0 aliphatic rings. The number of nitrogens with zero attached hydrogens (tertiary/aromatic N) is 4. The molecule has 0 amide bonds. The molecule has 5 nitrogen and oxygen atoms in total. The number of fused-ring (bicyclic) bond motifs is 1. The average Bonchev–Trinajstić information content (AvgIpc) is 2.53. The van der Waals surface area contributed by atoms with Crippen LogP contribution >= 0.6 is 0 Å². The third kappa shape index (κ3) is 1.56. The SMILES string of the molecule is C=CCNc1ncnc2c(C)nn(C)c12. The summed E-state index contributed by atoms with van der Waals surface area (Å²) in [4.78, 5) is 8.40. The fraction of sp³-hybridized carbons (Fsp3) is 0.300. The molecule has 0 aliphatic carbocycles. The summed E-state index contributed by atoms with van der Waals surface area (Å²) in [7, 11) is 1.89. The van der Waals surface area contributed by atoms with E-state index in [2.05, 4.69) is 27.0 Å². The standard InChI is InChI=1S/C10H13N5/c1-4-5-11-10-9-8(12-6-13-10)7(2)14-15(9)3/h4,6H,1,5H2,2-3H3,(H,11,12,13). The van der Waals surface area contributed by atoms with E-state index in [1.54, 1.807) is 17.1 Å². The van der Waals surface area contributed by atoms with Crippen LogP contribution in [-0.2, 0) is 7.05 Å². The summed E-state index contributed by atoms with van der Waals surface area (Å²) < 4.78 is 1.79. The molecule has 2 aromatic rings. The molecule has 2 rings (SSSR count). The van der Waals surface area contributed by atoms with Gasteiger partial charge in [0.1, 0.15) is 17.4 Å². The lowest BCUT2D eigenvalue weighted by Crippen LogP contribution is -2.03. The second-order valence-electron chi connectivity index (χ2n) is 3.30. The first kappa shape index (κ1) is 9.64. The Kier molecular flexibility index (Phi) is 2.37. The van der Waals surface area contributed by atoms with Gasteiger partial charge in [-0.1, -0.05) is 6.08 Å². The van der Waals surface area contributed by atoms with Gasteiger partial charge in [0, 0.05) is 13.6 Å². The first-order chi connectivity index (χ1) is 7.24. The quantitative estimate of drug-likeness (QED) is 0.763. The molecule has 0 fully saturated rings. The molecule has 0 aliphatic heterocycles. The number of aromatic nitrogens is 4. The zero-order valence-electron chi connectivity index (χ0n) is 8.86. The van der Waals surface area contributed by atoms with E-state index in [1.165, 1.54) is 0 Å². The summed E-state index contributed by atoms with van der Waals surface area (Å²) >= 11 is 0. The van der Waals surface area contributed by atoms with Gasteiger partial charge >= 0.3 is 0 Å². The van der Waals surface area contributed by atoms with Crippen molar-refractivity contribution in [1.82, 2.24) is 19.7 Å². The molecule has 2 heterocycles. The summed E-state index contributed by atoms with van der Waals surface area (Å²) in [5.41, 5.74) is 2.73. The normalized spacial score (nSPS) is 10.5. The van der Waals surface area contributed by atoms with Crippen LogP contribution in [0.5, 0.6) is 0 Å². The Morgan fingerprint density at radius 3 is 3.07 bits per heavy atom. The van der Waals surface area contributed by atoms with Crippen LogP contribution in [0.15, 0.2) is 19.0 Å². The second-order valence-corrected chi connectivity index (χ2v) is 3.30. The number of anilines is 1. The van der Waals surface area contributed by atoms with Crippen molar-refractivity contribution >= 4 is 16.9 Å². The zero-order valence-corrected chi connectivity index (χ0v) is 8.86. The summed E-state index contributed by atoms with van der Waals surface area (Å²) in [6.07, 6.45) is 3.33. The van der Waals surface area contributed by atoms with Gasteiger partial charge in [0.05, 0.1) is 5.69 Å². The monoisotopic (exact) mass is 203 g/mol. The van der Waals surface area contributed by atoms with Crippen LogP contribution in [0.1, 0.15) is 5.69 Å². The minimum Gasteiger partial charge on any atom is -0.365 e. The molecule has 0 bridgehead atoms. The molecule has 0 atom stereocenters. The number of rotatable bonds is 3. The summed E-state index contributed by atoms with van der Waals surface area (Å²) in [6.45, 7) is 6.27. The Labute approximate surface area is 87.8 Å². The van der Waals surface area contributed by atoms with Crippen molar-refractivity contribution in [1.29, 1.82) is 0 Å². The fourth-order valence-electron chi connectivity index (χ4n) is 1.57. The Balaban J connectivity index is 2.58. The summed E-state index contributed by atoms with van der Waals surface area (Å²) in [5, 5.41) is 7.47. The minimum absolute atomic E-state index is 0.677. The van der Waals surface area contributed by atoms with Crippen LogP contribution in [0.3, 0.4) is 0 Å². The van der Waals surface area contributed by atoms with E-state index in [-0.39, 0.29) is 0 Å². The fourth-order valence-corrected chi connectivity index (χ4v) is 1.57. The summed E-state index contributed by atoms with van der Waals surface area (Å²) in [6, 6.07) is 0. The number of nitrogens with one attached hydrogen (secondary N) is 1. The zero-order chi connectivity index (χ0) is 10.8. The Hall–Kier alpha value is -1.91. The molecule has 2 aromatic heterocycles. The molecule has 0 saturated carbocycles. The largest absolute Gasteiger partial charge is 0.365 e. The smallest absolute Gasteiger partial charge is 0.155 e. The lowest BCUT2D eigenvalue weighted by Gasteiger charge is -2.04. The molecule has 0 saturated heterocycles. The van der Waals surface area contributed by atoms with Gasteiger partial charge in [-0.3, -0.25) is 4.68 Å². The highest BCUT2D eigenvalue weighted by molar-refractivity contribution is 5.87. The lowest BCUT2D eigenvalue weighted by atomic mass is 10.3. The first-order valence-electron chi connectivity index (χ1n) is 4.73. The van der Waals surface area contributed by atoms with Crippen molar-refractivity contribution in [2.24, 2.45) is 7.05 Å². The molecule has 15 heavy (non-hydrogen) atoms. The second kappa shape index (κ2) is 3.68. The van der Waals surface area contributed by atoms with E-state index in [9.17, 15) is 0 Å². The van der Waals surface area contributed by atoms with E-state index in [0.717, 1.165) is 22.5 Å². The molecule has 78 valence electrons. The van der Waals surface area contributed by atoms with Gasteiger partial charge in [0.2, 0.25) is 0 Å². The van der Waals surface area contributed by atoms with Crippen molar-refractivity contribution in [3.05, 3.63) is 24.7 Å². The van der Waals surface area contributed by atoms with Crippen molar-refractivity contribution in [3.63, 3.8) is 0 Å². The van der Waals surface area contributed by atoms with E-state index in [0.29, 0.717) is 6.54 Å². The Bertz CT molecular complexity index is 500. The first-order valence-corrected chi connectivity index (χ1v) is 4.73. The van der Waals surface area contributed by atoms with E-state index in [1.807, 2.05) is 14.0 Å². The van der Waals surface area contributed by atoms with Crippen molar-refractivity contribution in [2.45, 2.75) is 6.92 Å². The van der Waals surface area contributed by atoms with Gasteiger partial charge in [0.25, 0.3) is 0 Å². The van der Waals surface area contributed by atoms with Crippen LogP contribution < -0.4 is 5.32 Å². The highest BCUT2D eigenvalue weighted by Gasteiger charge is 2.10. The Morgan fingerprint density at radius 1 is 1.53 bits per heavy atom. The maximum absolute atomic E-state index is 4.31. The van der Waals surface area contributed by atoms with Crippen LogP contribution in [-0.4, -0.2) is 26.3 Å². The van der Waals surface area contributed by atoms with Crippen molar-refractivity contribution in [3.8, 4) is 0 Å². The van der Waals surface area contributed by atoms with Crippen molar-refractivity contribution < 1.29 is 0 Å². The lowest BCUT2D eigenvalue weighted by molar-refractivity contribution is 0.782. The van der Waals surface area contributed by atoms with Crippen LogP contribution in [0.2, 0.25) is 0 Å². The number of hydrogen-bond donors (Lipinski definition) is 1. The third-order valence-corrected chi connectivity index (χ3v) is 2.20. The van der Waals surface area contributed by atoms with Gasteiger partial charge in [-0.2, -0.15) is 5.10 Å². The van der Waals surface area contributed by atoms with Gasteiger partial charge in [0.15, 0.2) is 5.82 Å². The highest BCUT2D eigenvalue weighted by Crippen LogP contribution is 2.20. The highest BCUT2D eigenvalue weighted by atomic mass is 15.3. The van der Waals surface area contributed by atoms with Gasteiger partial charge in [-0.25, -0.2) is 9.97 Å².